The van der Waals surface area contributed by atoms with Gasteiger partial charge in [-0.25, -0.2) is 9.59 Å². The normalized spacial score (nSPS) is 25.7. The van der Waals surface area contributed by atoms with Crippen LogP contribution in [0, 0.1) is 17.8 Å². The number of carbonyl (C=O) groups is 6. The van der Waals surface area contributed by atoms with Gasteiger partial charge >= 0.3 is 11.9 Å². The summed E-state index contributed by atoms with van der Waals surface area (Å²) in [5.41, 5.74) is 0.651. The molecule has 50 heavy (non-hydrogen) atoms. The molecule has 1 aliphatic heterocycles. The van der Waals surface area contributed by atoms with E-state index in [1.807, 2.05) is 27.7 Å². The summed E-state index contributed by atoms with van der Waals surface area (Å²) in [6.07, 6.45) is -4.22. The maximum Gasteiger partial charge on any atom is 0.348 e. The Morgan fingerprint density at radius 1 is 0.780 bits per heavy atom. The number of ether oxygens (including phenoxy) is 3. The van der Waals surface area contributed by atoms with Crippen molar-refractivity contribution in [1.29, 1.82) is 0 Å². The van der Waals surface area contributed by atoms with E-state index in [4.69, 9.17) is 14.2 Å². The molecule has 1 fully saturated rings. The van der Waals surface area contributed by atoms with Crippen LogP contribution >= 0.6 is 0 Å². The molecule has 0 spiro atoms. The van der Waals surface area contributed by atoms with Gasteiger partial charge in [-0.15, -0.1) is 0 Å². The number of amides is 4. The fraction of sp³-hybridized carbons (Fsp3) is 0.657. The van der Waals surface area contributed by atoms with Crippen LogP contribution in [0.15, 0.2) is 24.3 Å². The van der Waals surface area contributed by atoms with E-state index in [9.17, 15) is 39.0 Å². The molecule has 1 aromatic carbocycles. The van der Waals surface area contributed by atoms with E-state index in [-0.39, 0.29) is 31.1 Å². The van der Waals surface area contributed by atoms with Crippen LogP contribution in [0.4, 0.5) is 0 Å². The molecule has 1 aromatic rings. The molecule has 0 unspecified atom stereocenters. The summed E-state index contributed by atoms with van der Waals surface area (Å²) in [6, 6.07) is 1.13. The molecule has 0 aromatic heterocycles. The molecule has 0 saturated carbocycles. The molecule has 0 bridgehead atoms. The molecule has 2 rings (SSSR count). The number of hydrogen-bond donors (Lipinski definition) is 5. The Morgan fingerprint density at radius 3 is 1.86 bits per heavy atom. The zero-order valence-corrected chi connectivity index (χ0v) is 30.4. The minimum Gasteiger partial charge on any atom is -0.497 e. The average molecular weight is 707 g/mol. The lowest BCUT2D eigenvalue weighted by atomic mass is 9.98. The first-order valence-electron chi connectivity index (χ1n) is 16.9. The topological polar surface area (TPSA) is 210 Å². The number of nitrogens with one attached hydrogen (secondary N) is 3. The third-order valence-corrected chi connectivity index (χ3v) is 8.19. The summed E-state index contributed by atoms with van der Waals surface area (Å²) < 4.78 is 16.3. The summed E-state index contributed by atoms with van der Waals surface area (Å²) in [7, 11) is 2.91. The van der Waals surface area contributed by atoms with Gasteiger partial charge in [-0.3, -0.25) is 19.2 Å². The number of carbonyl (C=O) groups excluding carboxylic acids is 6. The molecule has 0 radical (unpaired) electrons. The molecule has 4 amide bonds. The lowest BCUT2D eigenvalue weighted by molar-refractivity contribution is -0.178. The third kappa shape index (κ3) is 12.0. The Hall–Kier alpha value is -4.24. The summed E-state index contributed by atoms with van der Waals surface area (Å²) in [5.74, 6) is -5.79. The van der Waals surface area contributed by atoms with E-state index >= 15 is 0 Å². The Balaban J connectivity index is 2.71. The van der Waals surface area contributed by atoms with Gasteiger partial charge in [0.05, 0.1) is 19.8 Å². The van der Waals surface area contributed by atoms with Gasteiger partial charge in [-0.1, -0.05) is 53.7 Å². The van der Waals surface area contributed by atoms with Gasteiger partial charge < -0.3 is 45.3 Å². The van der Waals surface area contributed by atoms with Crippen molar-refractivity contribution in [3.63, 3.8) is 0 Å². The van der Waals surface area contributed by atoms with Gasteiger partial charge in [0.2, 0.25) is 23.8 Å². The lowest BCUT2D eigenvalue weighted by Crippen LogP contribution is -2.61. The van der Waals surface area contributed by atoms with Crippen LogP contribution < -0.4 is 20.7 Å². The summed E-state index contributed by atoms with van der Waals surface area (Å²) in [6.45, 7) is 10.7. The summed E-state index contributed by atoms with van der Waals surface area (Å²) >= 11 is 0. The zero-order valence-electron chi connectivity index (χ0n) is 30.4. The van der Waals surface area contributed by atoms with Gasteiger partial charge in [0, 0.05) is 19.4 Å². The molecule has 1 heterocycles. The molecule has 1 saturated heterocycles. The summed E-state index contributed by atoms with van der Waals surface area (Å²) in [4.78, 5) is 83.0. The highest BCUT2D eigenvalue weighted by atomic mass is 16.6. The van der Waals surface area contributed by atoms with Crippen molar-refractivity contribution in [1.82, 2.24) is 20.9 Å². The molecule has 15 nitrogen and oxygen atoms in total. The van der Waals surface area contributed by atoms with Crippen LogP contribution in [0.5, 0.6) is 5.75 Å². The standard InChI is InChI=1S/C35H54N4O11/c1-18(2)14-26-30(42)38-28(21(7)41)32(44)37-25(17-40)34(46)50-29(20(5)6)35(47)49-27(15-19(3)4)31(43)36-24(33(45)39(26)8)16-22-10-12-23(48-9)13-11-22/h10-13,18-21,24-29,40-41H,14-17H2,1-9H3,(H,36,43)(H,37,44)(H,38,42)/t21-,24+,25+,26+,27+,28+,29+/m1/s1. The molecular weight excluding hydrogens is 652 g/mol. The number of rotatable bonds is 10. The summed E-state index contributed by atoms with van der Waals surface area (Å²) in [5, 5.41) is 27.9. The molecule has 15 heteroatoms. The van der Waals surface area contributed by atoms with Gasteiger partial charge in [0.15, 0.2) is 12.1 Å². The van der Waals surface area contributed by atoms with Crippen LogP contribution in [-0.4, -0.2) is 114 Å². The quantitative estimate of drug-likeness (QED) is 0.211. The number of hydrogen-bond acceptors (Lipinski definition) is 11. The van der Waals surface area contributed by atoms with Crippen LogP contribution in [0.1, 0.15) is 66.9 Å². The molecule has 0 aliphatic carbocycles. The van der Waals surface area contributed by atoms with Gasteiger partial charge in [0.25, 0.3) is 5.91 Å². The monoisotopic (exact) mass is 706 g/mol. The minimum absolute atomic E-state index is 0.00917. The zero-order chi connectivity index (χ0) is 37.9. The van der Waals surface area contributed by atoms with Crippen molar-refractivity contribution >= 4 is 35.6 Å². The molecular formula is C35H54N4O11. The SMILES string of the molecule is COc1ccc(C[C@@H]2NC(=O)[C@H](CC(C)C)OC(=O)[C@H](C(C)C)OC(=O)[C@H](CO)NC(=O)[C@H]([C@@H](C)O)NC(=O)[C@H](CC(C)C)N(C)C2=O)cc1. The average Bonchev–Trinajstić information content (AvgIpc) is 3.04. The Labute approximate surface area is 293 Å². The predicted molar refractivity (Wildman–Crippen MR) is 181 cm³/mol. The van der Waals surface area contributed by atoms with E-state index < -0.39 is 90.6 Å². The fourth-order valence-electron chi connectivity index (χ4n) is 5.35. The number of aliphatic hydroxyl groups is 2. The first-order valence-corrected chi connectivity index (χ1v) is 16.9. The minimum atomic E-state index is -1.68. The number of esters is 2. The van der Waals surface area contributed by atoms with Crippen molar-refractivity contribution in [2.24, 2.45) is 17.8 Å². The second-order valence-electron chi connectivity index (χ2n) is 13.8. The Morgan fingerprint density at radius 2 is 1.36 bits per heavy atom. The van der Waals surface area contributed by atoms with Crippen molar-refractivity contribution in [3.05, 3.63) is 29.8 Å². The maximum atomic E-state index is 14.3. The number of benzene rings is 1. The highest BCUT2D eigenvalue weighted by molar-refractivity contribution is 5.96. The Kier molecular flexibility index (Phi) is 16.1. The first-order chi connectivity index (χ1) is 23.4. The Bertz CT molecular complexity index is 1330. The van der Waals surface area contributed by atoms with Gasteiger partial charge in [0.1, 0.15) is 23.9 Å². The van der Waals surface area contributed by atoms with E-state index in [0.717, 1.165) is 0 Å². The van der Waals surface area contributed by atoms with E-state index in [1.165, 1.54) is 26.0 Å². The molecule has 1 aliphatic rings. The predicted octanol–water partition coefficient (Wildman–Crippen LogP) is 0.478. The lowest BCUT2D eigenvalue weighted by Gasteiger charge is -2.34. The van der Waals surface area contributed by atoms with Crippen molar-refractivity contribution < 1.29 is 53.2 Å². The van der Waals surface area contributed by atoms with Crippen molar-refractivity contribution in [3.8, 4) is 5.75 Å². The number of aliphatic hydroxyl groups excluding tert-OH is 2. The van der Waals surface area contributed by atoms with Gasteiger partial charge in [-0.2, -0.15) is 0 Å². The first kappa shape index (κ1) is 41.9. The van der Waals surface area contributed by atoms with Crippen LogP contribution in [-0.2, 0) is 44.7 Å². The third-order valence-electron chi connectivity index (χ3n) is 8.19. The molecule has 5 N–H and O–H groups in total. The molecule has 7 atom stereocenters. The number of cyclic esters (lactones) is 2. The smallest absolute Gasteiger partial charge is 0.348 e. The van der Waals surface area contributed by atoms with E-state index in [2.05, 4.69) is 16.0 Å². The largest absolute Gasteiger partial charge is 0.497 e. The van der Waals surface area contributed by atoms with Crippen LogP contribution in [0.25, 0.3) is 0 Å². The van der Waals surface area contributed by atoms with Crippen molar-refractivity contribution in [2.75, 3.05) is 20.8 Å². The van der Waals surface area contributed by atoms with Crippen molar-refractivity contribution in [2.45, 2.75) is 110 Å². The van der Waals surface area contributed by atoms with Crippen LogP contribution in [0.2, 0.25) is 0 Å². The number of methoxy groups -OCH3 is 1. The van der Waals surface area contributed by atoms with E-state index in [1.54, 1.807) is 38.1 Å². The second-order valence-corrected chi connectivity index (χ2v) is 13.8. The highest BCUT2D eigenvalue weighted by Gasteiger charge is 2.40. The fourth-order valence-corrected chi connectivity index (χ4v) is 5.35. The maximum absolute atomic E-state index is 14.3. The number of nitrogens with zero attached hydrogens (tertiary/aromatic N) is 1. The van der Waals surface area contributed by atoms with Crippen LogP contribution in [0.3, 0.4) is 0 Å². The highest BCUT2D eigenvalue weighted by Crippen LogP contribution is 2.19. The van der Waals surface area contributed by atoms with Gasteiger partial charge in [-0.05, 0) is 49.3 Å². The van der Waals surface area contributed by atoms with E-state index in [0.29, 0.717) is 11.3 Å². The molecule has 280 valence electrons. The second kappa shape index (κ2) is 19.2. The number of likely N-dealkylation sites (N-methyl/N-ethyl adjacent to an activating group) is 1.